The molecule has 3 rings (SSSR count). The van der Waals surface area contributed by atoms with Crippen LogP contribution in [0.2, 0.25) is 0 Å². The zero-order chi connectivity index (χ0) is 18.0. The number of rotatable bonds is 4. The Bertz CT molecular complexity index is 674. The molecule has 0 radical (unpaired) electrons. The van der Waals surface area contributed by atoms with Crippen LogP contribution < -0.4 is 21.1 Å². The van der Waals surface area contributed by atoms with Gasteiger partial charge in [0.1, 0.15) is 5.75 Å². The number of carbonyl (C=O) groups excluding carboxylic acids is 2. The van der Waals surface area contributed by atoms with Crippen LogP contribution in [0.3, 0.4) is 0 Å². The standard InChI is InChI=1S/C19H27N3O3.ClH/c1-3-15-17(23)22-14-8-7-13(11-16(14)25-15)12(2)21-18(24)19(20)9-5-4-6-10-19;/h7-8,11-12,15H,3-6,9-10,20H2,1-2H3,(H,21,24)(H,22,23);1H. The van der Waals surface area contributed by atoms with Crippen LogP contribution >= 0.6 is 12.4 Å². The van der Waals surface area contributed by atoms with E-state index in [0.29, 0.717) is 17.9 Å². The molecule has 1 aromatic rings. The van der Waals surface area contributed by atoms with Gasteiger partial charge in [0.25, 0.3) is 5.91 Å². The fraction of sp³-hybridized carbons (Fsp3) is 0.579. The summed E-state index contributed by atoms with van der Waals surface area (Å²) in [6.45, 7) is 3.84. The molecule has 2 aliphatic rings. The number of halogens is 1. The summed E-state index contributed by atoms with van der Waals surface area (Å²) in [7, 11) is 0. The maximum Gasteiger partial charge on any atom is 0.265 e. The van der Waals surface area contributed by atoms with Crippen molar-refractivity contribution in [1.82, 2.24) is 5.32 Å². The number of hydrogen-bond acceptors (Lipinski definition) is 4. The van der Waals surface area contributed by atoms with E-state index >= 15 is 0 Å². The van der Waals surface area contributed by atoms with Crippen molar-refractivity contribution in [2.45, 2.75) is 70.1 Å². The number of nitrogens with one attached hydrogen (secondary N) is 2. The van der Waals surface area contributed by atoms with Crippen LogP contribution in [0.1, 0.15) is 64.0 Å². The van der Waals surface area contributed by atoms with E-state index in [-0.39, 0.29) is 30.3 Å². The number of carbonyl (C=O) groups is 2. The van der Waals surface area contributed by atoms with Gasteiger partial charge in [0.15, 0.2) is 6.10 Å². The molecule has 1 heterocycles. The van der Waals surface area contributed by atoms with Gasteiger partial charge in [0.05, 0.1) is 17.3 Å². The van der Waals surface area contributed by atoms with Crippen LogP contribution in [0.5, 0.6) is 5.75 Å². The summed E-state index contributed by atoms with van der Waals surface area (Å²) in [6, 6.07) is 5.41. The van der Waals surface area contributed by atoms with E-state index in [1.165, 1.54) is 0 Å². The van der Waals surface area contributed by atoms with Crippen molar-refractivity contribution in [3.63, 3.8) is 0 Å². The first-order valence-electron chi connectivity index (χ1n) is 9.14. The normalized spacial score (nSPS) is 22.1. The van der Waals surface area contributed by atoms with E-state index in [1.54, 1.807) is 0 Å². The van der Waals surface area contributed by atoms with Gasteiger partial charge in [-0.2, -0.15) is 0 Å². The molecule has 0 saturated heterocycles. The topological polar surface area (TPSA) is 93.4 Å². The summed E-state index contributed by atoms with van der Waals surface area (Å²) >= 11 is 0. The summed E-state index contributed by atoms with van der Waals surface area (Å²) in [5.41, 5.74) is 7.15. The second-order valence-corrected chi connectivity index (χ2v) is 7.17. The molecular weight excluding hydrogens is 354 g/mol. The van der Waals surface area contributed by atoms with Gasteiger partial charge in [-0.15, -0.1) is 12.4 Å². The molecule has 1 aliphatic heterocycles. The zero-order valence-electron chi connectivity index (χ0n) is 15.3. The monoisotopic (exact) mass is 381 g/mol. The molecule has 1 aliphatic carbocycles. The average molecular weight is 382 g/mol. The SMILES string of the molecule is CCC1Oc2cc(C(C)NC(=O)C3(N)CCCCC3)ccc2NC1=O.Cl. The molecule has 1 fully saturated rings. The predicted molar refractivity (Wildman–Crippen MR) is 104 cm³/mol. The summed E-state index contributed by atoms with van der Waals surface area (Å²) < 4.78 is 5.78. The Morgan fingerprint density at radius 3 is 2.73 bits per heavy atom. The van der Waals surface area contributed by atoms with Crippen molar-refractivity contribution >= 4 is 29.9 Å². The maximum absolute atomic E-state index is 12.6. The quantitative estimate of drug-likeness (QED) is 0.747. The Morgan fingerprint density at radius 2 is 2.08 bits per heavy atom. The highest BCUT2D eigenvalue weighted by molar-refractivity contribution is 5.97. The van der Waals surface area contributed by atoms with Crippen LogP contribution in [0.4, 0.5) is 5.69 Å². The van der Waals surface area contributed by atoms with Gasteiger partial charge in [-0.25, -0.2) is 0 Å². The van der Waals surface area contributed by atoms with Gasteiger partial charge in [-0.05, 0) is 43.9 Å². The molecule has 6 nitrogen and oxygen atoms in total. The summed E-state index contributed by atoms with van der Waals surface area (Å²) in [5.74, 6) is 0.440. The third kappa shape index (κ3) is 4.13. The molecular formula is C19H28ClN3O3. The molecule has 7 heteroatoms. The Balaban J connectivity index is 0.00000243. The van der Waals surface area contributed by atoms with E-state index in [9.17, 15) is 9.59 Å². The van der Waals surface area contributed by atoms with Crippen LogP contribution in [-0.4, -0.2) is 23.5 Å². The summed E-state index contributed by atoms with van der Waals surface area (Å²) in [4.78, 5) is 24.5. The molecule has 0 bridgehead atoms. The molecule has 2 atom stereocenters. The minimum Gasteiger partial charge on any atom is -0.478 e. The van der Waals surface area contributed by atoms with Gasteiger partial charge in [-0.1, -0.05) is 32.3 Å². The minimum atomic E-state index is -0.751. The second kappa shape index (κ2) is 8.27. The smallest absolute Gasteiger partial charge is 0.265 e. The van der Waals surface area contributed by atoms with Crippen molar-refractivity contribution in [3.8, 4) is 5.75 Å². The van der Waals surface area contributed by atoms with Crippen molar-refractivity contribution < 1.29 is 14.3 Å². The fourth-order valence-electron chi connectivity index (χ4n) is 3.53. The first-order valence-corrected chi connectivity index (χ1v) is 9.14. The lowest BCUT2D eigenvalue weighted by Gasteiger charge is -2.33. The second-order valence-electron chi connectivity index (χ2n) is 7.17. The Hall–Kier alpha value is -1.79. The molecule has 2 unspecified atom stereocenters. The largest absolute Gasteiger partial charge is 0.478 e. The van der Waals surface area contributed by atoms with E-state index in [4.69, 9.17) is 10.5 Å². The van der Waals surface area contributed by atoms with Crippen LogP contribution in [-0.2, 0) is 9.59 Å². The number of benzene rings is 1. The molecule has 0 aromatic heterocycles. The van der Waals surface area contributed by atoms with Gasteiger partial charge >= 0.3 is 0 Å². The Labute approximate surface area is 160 Å². The Morgan fingerprint density at radius 1 is 1.38 bits per heavy atom. The highest BCUT2D eigenvalue weighted by atomic mass is 35.5. The average Bonchev–Trinajstić information content (AvgIpc) is 2.61. The summed E-state index contributed by atoms with van der Waals surface area (Å²) in [6.07, 6.45) is 4.77. The molecule has 26 heavy (non-hydrogen) atoms. The van der Waals surface area contributed by atoms with Crippen LogP contribution in [0.15, 0.2) is 18.2 Å². The maximum atomic E-state index is 12.6. The van der Waals surface area contributed by atoms with Crippen molar-refractivity contribution in [2.24, 2.45) is 5.73 Å². The molecule has 2 amide bonds. The van der Waals surface area contributed by atoms with Gasteiger partial charge in [0, 0.05) is 0 Å². The van der Waals surface area contributed by atoms with Crippen molar-refractivity contribution in [1.29, 1.82) is 0 Å². The molecule has 1 saturated carbocycles. The third-order valence-electron chi connectivity index (χ3n) is 5.24. The lowest BCUT2D eigenvalue weighted by molar-refractivity contribution is -0.128. The highest BCUT2D eigenvalue weighted by Gasteiger charge is 2.36. The fourth-order valence-corrected chi connectivity index (χ4v) is 3.53. The van der Waals surface area contributed by atoms with E-state index in [1.807, 2.05) is 32.0 Å². The van der Waals surface area contributed by atoms with Crippen molar-refractivity contribution in [3.05, 3.63) is 23.8 Å². The minimum absolute atomic E-state index is 0. The van der Waals surface area contributed by atoms with Crippen LogP contribution in [0, 0.1) is 0 Å². The third-order valence-corrected chi connectivity index (χ3v) is 5.24. The number of fused-ring (bicyclic) bond motifs is 1. The van der Waals surface area contributed by atoms with E-state index in [0.717, 1.165) is 37.7 Å². The molecule has 4 N–H and O–H groups in total. The van der Waals surface area contributed by atoms with Gasteiger partial charge in [-0.3, -0.25) is 9.59 Å². The van der Waals surface area contributed by atoms with E-state index < -0.39 is 11.6 Å². The Kier molecular flexibility index (Phi) is 6.53. The lowest BCUT2D eigenvalue weighted by Crippen LogP contribution is -2.55. The first-order chi connectivity index (χ1) is 11.9. The van der Waals surface area contributed by atoms with Crippen LogP contribution in [0.25, 0.3) is 0 Å². The number of hydrogen-bond donors (Lipinski definition) is 3. The van der Waals surface area contributed by atoms with E-state index in [2.05, 4.69) is 10.6 Å². The lowest BCUT2D eigenvalue weighted by atomic mass is 9.81. The molecule has 0 spiro atoms. The number of ether oxygens (including phenoxy) is 1. The molecule has 144 valence electrons. The zero-order valence-corrected chi connectivity index (χ0v) is 16.2. The molecule has 1 aromatic carbocycles. The van der Waals surface area contributed by atoms with Gasteiger partial charge < -0.3 is 21.1 Å². The number of amides is 2. The predicted octanol–water partition coefficient (Wildman–Crippen LogP) is 3.06. The number of nitrogens with two attached hydrogens (primary N) is 1. The first kappa shape index (κ1) is 20.5. The number of anilines is 1. The summed E-state index contributed by atoms with van der Waals surface area (Å²) in [5, 5.41) is 5.89. The van der Waals surface area contributed by atoms with Gasteiger partial charge in [0.2, 0.25) is 5.91 Å². The highest BCUT2D eigenvalue weighted by Crippen LogP contribution is 2.33. The van der Waals surface area contributed by atoms with Crippen molar-refractivity contribution in [2.75, 3.05) is 5.32 Å².